The van der Waals surface area contributed by atoms with Crippen LogP contribution in [0.2, 0.25) is 0 Å². The van der Waals surface area contributed by atoms with Gasteiger partial charge in [0.15, 0.2) is 5.75 Å². The van der Waals surface area contributed by atoms with E-state index < -0.39 is 34.2 Å². The van der Waals surface area contributed by atoms with Crippen LogP contribution in [0.3, 0.4) is 0 Å². The largest absolute Gasteiger partial charge is 0.513 e. The van der Waals surface area contributed by atoms with Crippen LogP contribution in [0.25, 0.3) is 6.08 Å². The maximum absolute atomic E-state index is 12.4. The van der Waals surface area contributed by atoms with E-state index in [2.05, 4.69) is 0 Å². The highest BCUT2D eigenvalue weighted by Gasteiger charge is 2.23. The van der Waals surface area contributed by atoms with Gasteiger partial charge in [-0.15, -0.1) is 0 Å². The average Bonchev–Trinajstić information content (AvgIpc) is 2.73. The molecule has 10 heteroatoms. The molecular formula is C21H27N3O7. The molecule has 31 heavy (non-hydrogen) atoms. The first-order valence-corrected chi connectivity index (χ1v) is 9.95. The quantitative estimate of drug-likeness (QED) is 0.145. The van der Waals surface area contributed by atoms with E-state index in [-0.39, 0.29) is 23.7 Å². The van der Waals surface area contributed by atoms with Crippen molar-refractivity contribution in [2.24, 2.45) is 5.92 Å². The average molecular weight is 433 g/mol. The molecule has 1 unspecified atom stereocenters. The van der Waals surface area contributed by atoms with E-state index >= 15 is 0 Å². The maximum atomic E-state index is 12.4. The normalized spacial score (nSPS) is 11.9. The Morgan fingerprint density at radius 2 is 1.97 bits per heavy atom. The first kappa shape index (κ1) is 25.4. The standard InChI is InChI=1S/C21H27N3O7/c1-5-8-14(4)13-30-21(27)31-18-11-15(10-17(19(18)25)24(28)29)9-16(12-22)20(26)23(6-2)7-3/h9-11,14,25H,5-8,13H2,1-4H3/b16-9+. The molecule has 168 valence electrons. The van der Waals surface area contributed by atoms with Crippen LogP contribution in [0.4, 0.5) is 10.5 Å². The second-order valence-corrected chi connectivity index (χ2v) is 6.85. The van der Waals surface area contributed by atoms with Gasteiger partial charge in [0.25, 0.3) is 5.91 Å². The number of amides is 1. The fourth-order valence-electron chi connectivity index (χ4n) is 2.81. The van der Waals surface area contributed by atoms with Gasteiger partial charge < -0.3 is 19.5 Å². The summed E-state index contributed by atoms with van der Waals surface area (Å²) in [5.41, 5.74) is -0.974. The van der Waals surface area contributed by atoms with Crippen molar-refractivity contribution in [1.82, 2.24) is 4.90 Å². The van der Waals surface area contributed by atoms with E-state index in [4.69, 9.17) is 9.47 Å². The SMILES string of the molecule is CCCC(C)COC(=O)Oc1cc(/C=C(\C#N)C(=O)N(CC)CC)cc([N+](=O)[O-])c1O. The van der Waals surface area contributed by atoms with Crippen LogP contribution in [0.1, 0.15) is 46.1 Å². The Bertz CT molecular complexity index is 886. The minimum atomic E-state index is -1.13. The van der Waals surface area contributed by atoms with Gasteiger partial charge in [-0.1, -0.05) is 20.3 Å². The highest BCUT2D eigenvalue weighted by atomic mass is 16.7. The molecule has 0 heterocycles. The number of carbonyl (C=O) groups is 2. The van der Waals surface area contributed by atoms with Gasteiger partial charge in [-0.25, -0.2) is 4.79 Å². The number of hydrogen-bond acceptors (Lipinski definition) is 8. The van der Waals surface area contributed by atoms with Gasteiger partial charge in [0.2, 0.25) is 5.75 Å². The Labute approximate surface area is 180 Å². The van der Waals surface area contributed by atoms with Crippen molar-refractivity contribution in [3.05, 3.63) is 33.4 Å². The van der Waals surface area contributed by atoms with Gasteiger partial charge in [-0.3, -0.25) is 14.9 Å². The van der Waals surface area contributed by atoms with Gasteiger partial charge in [-0.05, 0) is 43.9 Å². The van der Waals surface area contributed by atoms with Crippen molar-refractivity contribution in [2.45, 2.75) is 40.5 Å². The van der Waals surface area contributed by atoms with Crippen LogP contribution in [0.15, 0.2) is 17.7 Å². The lowest BCUT2D eigenvalue weighted by atomic mass is 10.1. The van der Waals surface area contributed by atoms with E-state index in [1.165, 1.54) is 4.90 Å². The number of likely N-dealkylation sites (N-methyl/N-ethyl adjacent to an activating group) is 1. The molecule has 0 saturated heterocycles. The summed E-state index contributed by atoms with van der Waals surface area (Å²) in [5, 5.41) is 30.8. The molecule has 1 amide bonds. The summed E-state index contributed by atoms with van der Waals surface area (Å²) in [6, 6.07) is 3.87. The lowest BCUT2D eigenvalue weighted by Crippen LogP contribution is -2.31. The Morgan fingerprint density at radius 1 is 1.32 bits per heavy atom. The molecule has 0 bridgehead atoms. The topological polar surface area (TPSA) is 143 Å². The molecule has 0 aromatic heterocycles. The minimum absolute atomic E-state index is 0.0312. The van der Waals surface area contributed by atoms with Gasteiger partial charge in [0.05, 0.1) is 11.5 Å². The number of nitrogens with zero attached hydrogens (tertiary/aromatic N) is 3. The summed E-state index contributed by atoms with van der Waals surface area (Å²) >= 11 is 0. The minimum Gasteiger partial charge on any atom is -0.499 e. The second kappa shape index (κ2) is 12.2. The molecule has 0 spiro atoms. The number of phenolic OH excluding ortho intramolecular Hbond substituents is 1. The highest BCUT2D eigenvalue weighted by molar-refractivity contribution is 6.01. The molecule has 10 nitrogen and oxygen atoms in total. The van der Waals surface area contributed by atoms with Crippen LogP contribution in [0.5, 0.6) is 11.5 Å². The van der Waals surface area contributed by atoms with Gasteiger partial charge >= 0.3 is 11.8 Å². The van der Waals surface area contributed by atoms with Gasteiger partial charge in [-0.2, -0.15) is 5.26 Å². The first-order valence-electron chi connectivity index (χ1n) is 9.95. The van der Waals surface area contributed by atoms with E-state index in [0.717, 1.165) is 31.1 Å². The van der Waals surface area contributed by atoms with Gasteiger partial charge in [0.1, 0.15) is 11.6 Å². The zero-order valence-electron chi connectivity index (χ0n) is 18.1. The number of carbonyl (C=O) groups excluding carboxylic acids is 2. The number of nitro benzene ring substituents is 1. The van der Waals surface area contributed by atoms with Crippen molar-refractivity contribution in [2.75, 3.05) is 19.7 Å². The molecule has 1 N–H and O–H groups in total. The van der Waals surface area contributed by atoms with E-state index in [1.807, 2.05) is 13.8 Å². The Morgan fingerprint density at radius 3 is 2.48 bits per heavy atom. The summed E-state index contributed by atoms with van der Waals surface area (Å²) < 4.78 is 9.93. The maximum Gasteiger partial charge on any atom is 0.513 e. The molecule has 0 aliphatic carbocycles. The molecule has 1 aromatic carbocycles. The van der Waals surface area contributed by atoms with Crippen LogP contribution in [-0.4, -0.2) is 46.7 Å². The van der Waals surface area contributed by atoms with E-state index in [1.54, 1.807) is 19.9 Å². The fourth-order valence-corrected chi connectivity index (χ4v) is 2.81. The van der Waals surface area contributed by atoms with Crippen molar-refractivity contribution >= 4 is 23.8 Å². The predicted molar refractivity (Wildman–Crippen MR) is 112 cm³/mol. The Hall–Kier alpha value is -3.61. The van der Waals surface area contributed by atoms with E-state index in [0.29, 0.717) is 13.1 Å². The lowest BCUT2D eigenvalue weighted by molar-refractivity contribution is -0.385. The summed E-state index contributed by atoms with van der Waals surface area (Å²) in [6.45, 7) is 8.22. The number of benzene rings is 1. The predicted octanol–water partition coefficient (Wildman–Crippen LogP) is 4.03. The molecule has 0 aliphatic rings. The summed E-state index contributed by atoms with van der Waals surface area (Å²) in [4.78, 5) is 36.2. The number of phenols is 1. The van der Waals surface area contributed by atoms with Crippen molar-refractivity contribution in [1.29, 1.82) is 5.26 Å². The van der Waals surface area contributed by atoms with Gasteiger partial charge in [0, 0.05) is 19.2 Å². The third kappa shape index (κ3) is 7.29. The van der Waals surface area contributed by atoms with Crippen LogP contribution >= 0.6 is 0 Å². The summed E-state index contributed by atoms with van der Waals surface area (Å²) in [5.74, 6) is -1.83. The molecule has 1 rings (SSSR count). The second-order valence-electron chi connectivity index (χ2n) is 6.85. The van der Waals surface area contributed by atoms with Crippen molar-refractivity contribution in [3.63, 3.8) is 0 Å². The fraction of sp³-hybridized carbons (Fsp3) is 0.476. The van der Waals surface area contributed by atoms with Crippen LogP contribution < -0.4 is 4.74 Å². The molecule has 1 atom stereocenters. The summed E-state index contributed by atoms with van der Waals surface area (Å²) in [7, 11) is 0. The van der Waals surface area contributed by atoms with E-state index in [9.17, 15) is 30.1 Å². The number of nitro groups is 1. The lowest BCUT2D eigenvalue weighted by Gasteiger charge is -2.17. The molecule has 1 aromatic rings. The third-order valence-electron chi connectivity index (χ3n) is 4.45. The zero-order valence-corrected chi connectivity index (χ0v) is 18.1. The summed E-state index contributed by atoms with van der Waals surface area (Å²) in [6.07, 6.45) is 1.75. The molecule has 0 saturated carbocycles. The van der Waals surface area contributed by atoms with Crippen molar-refractivity contribution < 1.29 is 29.1 Å². The number of ether oxygens (including phenoxy) is 2. The third-order valence-corrected chi connectivity index (χ3v) is 4.45. The molecular weight excluding hydrogens is 406 g/mol. The Balaban J connectivity index is 3.25. The monoisotopic (exact) mass is 433 g/mol. The smallest absolute Gasteiger partial charge is 0.499 e. The zero-order chi connectivity index (χ0) is 23.6. The van der Waals surface area contributed by atoms with Crippen LogP contribution in [0, 0.1) is 27.4 Å². The molecule has 0 fully saturated rings. The number of nitriles is 1. The highest BCUT2D eigenvalue weighted by Crippen LogP contribution is 2.38. The van der Waals surface area contributed by atoms with Crippen molar-refractivity contribution in [3.8, 4) is 17.6 Å². The number of rotatable bonds is 10. The first-order chi connectivity index (χ1) is 14.7. The Kier molecular flexibility index (Phi) is 9.98. The molecule has 0 radical (unpaired) electrons. The van der Waals surface area contributed by atoms with Crippen LogP contribution in [-0.2, 0) is 9.53 Å². The molecule has 0 aliphatic heterocycles. The number of aromatic hydroxyl groups is 1. The number of hydrogen-bond donors (Lipinski definition) is 1.